The van der Waals surface area contributed by atoms with Crippen molar-refractivity contribution in [2.45, 2.75) is 6.92 Å². The zero-order chi connectivity index (χ0) is 20.3. The van der Waals surface area contributed by atoms with E-state index >= 15 is 0 Å². The monoisotopic (exact) mass is 400 g/mol. The standard InChI is InChI=1S/C20H17ClN2O5/c1-11-15-9-13(21)6-7-16(15)28-18(11)20(26)27-10-17(24)23-14-5-3-4-12(8-14)19(25)22-2/h3-9H,10H2,1-2H3,(H,22,25)(H,23,24). The number of hydrogen-bond donors (Lipinski definition) is 2. The van der Waals surface area contributed by atoms with Crippen molar-refractivity contribution in [1.29, 1.82) is 0 Å². The topological polar surface area (TPSA) is 97.6 Å². The lowest BCUT2D eigenvalue weighted by molar-refractivity contribution is -0.119. The van der Waals surface area contributed by atoms with Crippen molar-refractivity contribution < 1.29 is 23.5 Å². The fourth-order valence-corrected chi connectivity index (χ4v) is 2.84. The van der Waals surface area contributed by atoms with Gasteiger partial charge >= 0.3 is 5.97 Å². The average molecular weight is 401 g/mol. The Bertz CT molecular complexity index is 1070. The number of carbonyl (C=O) groups is 3. The van der Waals surface area contributed by atoms with Crippen LogP contribution in [0.5, 0.6) is 0 Å². The summed E-state index contributed by atoms with van der Waals surface area (Å²) >= 11 is 5.96. The molecule has 0 radical (unpaired) electrons. The van der Waals surface area contributed by atoms with Crippen molar-refractivity contribution in [2.75, 3.05) is 19.0 Å². The fourth-order valence-electron chi connectivity index (χ4n) is 2.66. The Labute approximate surface area is 165 Å². The molecule has 2 aromatic carbocycles. The molecule has 0 bridgehead atoms. The molecule has 0 aliphatic rings. The van der Waals surface area contributed by atoms with Crippen LogP contribution in [0.25, 0.3) is 11.0 Å². The third-order valence-electron chi connectivity index (χ3n) is 4.05. The number of amides is 2. The van der Waals surface area contributed by atoms with Gasteiger partial charge in [0.25, 0.3) is 11.8 Å². The van der Waals surface area contributed by atoms with Gasteiger partial charge in [-0.15, -0.1) is 0 Å². The summed E-state index contributed by atoms with van der Waals surface area (Å²) in [6, 6.07) is 11.4. The quantitative estimate of drug-likeness (QED) is 0.638. The van der Waals surface area contributed by atoms with Crippen molar-refractivity contribution in [3.63, 3.8) is 0 Å². The van der Waals surface area contributed by atoms with Crippen LogP contribution in [0.1, 0.15) is 26.5 Å². The normalized spacial score (nSPS) is 10.5. The van der Waals surface area contributed by atoms with Crippen LogP contribution < -0.4 is 10.6 Å². The molecule has 0 saturated carbocycles. The summed E-state index contributed by atoms with van der Waals surface area (Å²) in [6.45, 7) is 1.21. The van der Waals surface area contributed by atoms with Gasteiger partial charge in [-0.3, -0.25) is 9.59 Å². The van der Waals surface area contributed by atoms with Gasteiger partial charge in [-0.2, -0.15) is 0 Å². The number of halogens is 1. The number of ether oxygens (including phenoxy) is 1. The highest BCUT2D eigenvalue weighted by molar-refractivity contribution is 6.31. The number of anilines is 1. The summed E-state index contributed by atoms with van der Waals surface area (Å²) in [6.07, 6.45) is 0. The smallest absolute Gasteiger partial charge is 0.375 e. The molecule has 0 aliphatic carbocycles. The van der Waals surface area contributed by atoms with Crippen molar-refractivity contribution in [3.05, 3.63) is 64.4 Å². The average Bonchev–Trinajstić information content (AvgIpc) is 3.02. The first-order valence-electron chi connectivity index (χ1n) is 8.37. The molecule has 3 aromatic rings. The maximum Gasteiger partial charge on any atom is 0.375 e. The molecule has 2 amide bonds. The van der Waals surface area contributed by atoms with Gasteiger partial charge in [-0.25, -0.2) is 4.79 Å². The van der Waals surface area contributed by atoms with E-state index in [1.54, 1.807) is 43.3 Å². The van der Waals surface area contributed by atoms with E-state index in [1.165, 1.54) is 13.1 Å². The minimum Gasteiger partial charge on any atom is -0.450 e. The molecule has 8 heteroatoms. The molecule has 1 heterocycles. The van der Waals surface area contributed by atoms with Gasteiger partial charge in [0, 0.05) is 34.3 Å². The number of aryl methyl sites for hydroxylation is 1. The van der Waals surface area contributed by atoms with Gasteiger partial charge in [-0.1, -0.05) is 17.7 Å². The first-order valence-corrected chi connectivity index (χ1v) is 8.74. The van der Waals surface area contributed by atoms with Crippen LogP contribution in [-0.4, -0.2) is 31.4 Å². The minimum absolute atomic E-state index is 0.0201. The van der Waals surface area contributed by atoms with E-state index in [-0.39, 0.29) is 11.7 Å². The molecule has 7 nitrogen and oxygen atoms in total. The fraction of sp³-hybridized carbons (Fsp3) is 0.150. The summed E-state index contributed by atoms with van der Waals surface area (Å²) in [4.78, 5) is 36.0. The maximum absolute atomic E-state index is 12.3. The molecule has 144 valence electrons. The number of nitrogens with one attached hydrogen (secondary N) is 2. The van der Waals surface area contributed by atoms with E-state index in [0.717, 1.165) is 0 Å². The SMILES string of the molecule is CNC(=O)c1cccc(NC(=O)COC(=O)c2oc3ccc(Cl)cc3c2C)c1. The van der Waals surface area contributed by atoms with Crippen molar-refractivity contribution in [2.24, 2.45) is 0 Å². The molecule has 0 saturated heterocycles. The van der Waals surface area contributed by atoms with Crippen LogP contribution in [0.15, 0.2) is 46.9 Å². The van der Waals surface area contributed by atoms with E-state index in [4.69, 9.17) is 20.8 Å². The van der Waals surface area contributed by atoms with Crippen molar-refractivity contribution in [1.82, 2.24) is 5.32 Å². The Balaban J connectivity index is 1.64. The van der Waals surface area contributed by atoms with Gasteiger partial charge in [-0.05, 0) is 43.3 Å². The second-order valence-electron chi connectivity index (χ2n) is 5.98. The Morgan fingerprint density at radius 3 is 2.68 bits per heavy atom. The molecule has 28 heavy (non-hydrogen) atoms. The number of benzene rings is 2. The van der Waals surface area contributed by atoms with Crippen LogP contribution in [-0.2, 0) is 9.53 Å². The number of fused-ring (bicyclic) bond motifs is 1. The summed E-state index contributed by atoms with van der Waals surface area (Å²) in [5.74, 6) is -1.55. The van der Waals surface area contributed by atoms with E-state index in [2.05, 4.69) is 10.6 Å². The molecule has 0 spiro atoms. The first kappa shape index (κ1) is 19.4. The minimum atomic E-state index is -0.751. The Kier molecular flexibility index (Phi) is 5.65. The predicted octanol–water partition coefficient (Wildman–Crippen LogP) is 3.55. The zero-order valence-corrected chi connectivity index (χ0v) is 15.9. The highest BCUT2D eigenvalue weighted by atomic mass is 35.5. The second-order valence-corrected chi connectivity index (χ2v) is 6.42. The third-order valence-corrected chi connectivity index (χ3v) is 4.29. The molecule has 2 N–H and O–H groups in total. The van der Waals surface area contributed by atoms with E-state index in [9.17, 15) is 14.4 Å². The molecule has 1 aromatic heterocycles. The Morgan fingerprint density at radius 2 is 1.93 bits per heavy atom. The molecular formula is C20H17ClN2O5. The second kappa shape index (κ2) is 8.14. The highest BCUT2D eigenvalue weighted by Crippen LogP contribution is 2.28. The maximum atomic E-state index is 12.3. The lowest BCUT2D eigenvalue weighted by atomic mass is 10.1. The zero-order valence-electron chi connectivity index (χ0n) is 15.2. The molecule has 0 aliphatic heterocycles. The number of esters is 1. The number of furan rings is 1. The highest BCUT2D eigenvalue weighted by Gasteiger charge is 2.20. The van der Waals surface area contributed by atoms with Gasteiger partial charge in [0.15, 0.2) is 6.61 Å². The Hall–Kier alpha value is -3.32. The first-order chi connectivity index (χ1) is 13.4. The van der Waals surface area contributed by atoms with Gasteiger partial charge in [0.05, 0.1) is 0 Å². The largest absolute Gasteiger partial charge is 0.450 e. The Morgan fingerprint density at radius 1 is 1.14 bits per heavy atom. The van der Waals surface area contributed by atoms with Crippen LogP contribution in [0.3, 0.4) is 0 Å². The third kappa shape index (κ3) is 4.15. The lowest BCUT2D eigenvalue weighted by Crippen LogP contribution is -2.22. The predicted molar refractivity (Wildman–Crippen MR) is 105 cm³/mol. The summed E-state index contributed by atoms with van der Waals surface area (Å²) in [5, 5.41) is 6.30. The summed E-state index contributed by atoms with van der Waals surface area (Å²) in [5.41, 5.74) is 1.90. The number of rotatable bonds is 5. The van der Waals surface area contributed by atoms with E-state index in [1.807, 2.05) is 0 Å². The van der Waals surface area contributed by atoms with E-state index in [0.29, 0.717) is 32.8 Å². The van der Waals surface area contributed by atoms with E-state index < -0.39 is 18.5 Å². The van der Waals surface area contributed by atoms with Gasteiger partial charge in [0.1, 0.15) is 5.58 Å². The molecule has 0 atom stereocenters. The number of carbonyl (C=O) groups excluding carboxylic acids is 3. The van der Waals surface area contributed by atoms with Crippen LogP contribution >= 0.6 is 11.6 Å². The molecule has 0 unspecified atom stereocenters. The van der Waals surface area contributed by atoms with Crippen LogP contribution in [0.4, 0.5) is 5.69 Å². The summed E-state index contributed by atoms with van der Waals surface area (Å²) < 4.78 is 10.6. The van der Waals surface area contributed by atoms with Crippen molar-refractivity contribution >= 4 is 46.0 Å². The number of hydrogen-bond acceptors (Lipinski definition) is 5. The molecule has 0 fully saturated rings. The lowest BCUT2D eigenvalue weighted by Gasteiger charge is -2.07. The summed E-state index contributed by atoms with van der Waals surface area (Å²) in [7, 11) is 1.51. The van der Waals surface area contributed by atoms with Crippen molar-refractivity contribution in [3.8, 4) is 0 Å². The van der Waals surface area contributed by atoms with Crippen LogP contribution in [0.2, 0.25) is 5.02 Å². The van der Waals surface area contributed by atoms with Crippen LogP contribution in [0, 0.1) is 6.92 Å². The van der Waals surface area contributed by atoms with Gasteiger partial charge in [0.2, 0.25) is 5.76 Å². The molecule has 3 rings (SSSR count). The molecular weight excluding hydrogens is 384 g/mol. The van der Waals surface area contributed by atoms with Gasteiger partial charge < -0.3 is 19.8 Å².